The zero-order valence-corrected chi connectivity index (χ0v) is 11.4. The van der Waals surface area contributed by atoms with E-state index in [1.165, 1.54) is 0 Å². The lowest BCUT2D eigenvalue weighted by Crippen LogP contribution is -1.96. The Morgan fingerprint density at radius 1 is 0.952 bits per heavy atom. The smallest absolute Gasteiger partial charge is 0.137 e. The first kappa shape index (κ1) is 12.1. The second kappa shape index (κ2) is 4.72. The zero-order valence-electron chi connectivity index (χ0n) is 11.4. The average molecular weight is 274 g/mol. The van der Waals surface area contributed by atoms with Crippen LogP contribution in [0.15, 0.2) is 65.3 Å². The number of fused-ring (bicyclic) bond motifs is 2. The molecule has 4 rings (SSSR count). The van der Waals surface area contributed by atoms with Gasteiger partial charge in [0, 0.05) is 35.3 Å². The van der Waals surface area contributed by atoms with Gasteiger partial charge in [0.2, 0.25) is 0 Å². The highest BCUT2D eigenvalue weighted by Crippen LogP contribution is 2.32. The van der Waals surface area contributed by atoms with Crippen molar-refractivity contribution in [2.75, 3.05) is 0 Å². The number of hydrogen-bond acceptors (Lipinski definition) is 3. The maximum atomic E-state index is 5.96. The Labute approximate surface area is 122 Å². The van der Waals surface area contributed by atoms with E-state index in [0.717, 1.165) is 38.6 Å². The summed E-state index contributed by atoms with van der Waals surface area (Å²) in [5.74, 6) is 0.837. The molecule has 4 aromatic rings. The fourth-order valence-corrected chi connectivity index (χ4v) is 2.65. The molecule has 0 saturated heterocycles. The third-order valence-corrected chi connectivity index (χ3v) is 3.75. The molecule has 0 radical (unpaired) electrons. The number of pyridine rings is 1. The van der Waals surface area contributed by atoms with Gasteiger partial charge in [-0.1, -0.05) is 30.3 Å². The normalized spacial score (nSPS) is 11.3. The molecule has 2 N–H and O–H groups in total. The Balaban J connectivity index is 2.00. The van der Waals surface area contributed by atoms with Crippen molar-refractivity contribution in [1.29, 1.82) is 0 Å². The van der Waals surface area contributed by atoms with Gasteiger partial charge in [-0.05, 0) is 29.1 Å². The van der Waals surface area contributed by atoms with Gasteiger partial charge in [-0.3, -0.25) is 4.98 Å². The summed E-state index contributed by atoms with van der Waals surface area (Å²) < 4.78 is 5.96. The molecule has 0 fully saturated rings. The van der Waals surface area contributed by atoms with Gasteiger partial charge in [-0.2, -0.15) is 0 Å². The summed E-state index contributed by atoms with van der Waals surface area (Å²) in [4.78, 5) is 4.32. The van der Waals surface area contributed by atoms with E-state index in [2.05, 4.69) is 23.2 Å². The minimum atomic E-state index is 0.526. The van der Waals surface area contributed by atoms with E-state index in [-0.39, 0.29) is 0 Å². The molecule has 0 aliphatic rings. The van der Waals surface area contributed by atoms with Crippen molar-refractivity contribution >= 4 is 21.7 Å². The molecule has 0 aliphatic carbocycles. The summed E-state index contributed by atoms with van der Waals surface area (Å²) in [6.07, 6.45) is 3.71. The lowest BCUT2D eigenvalue weighted by atomic mass is 10.0. The van der Waals surface area contributed by atoms with E-state index in [1.54, 1.807) is 0 Å². The highest BCUT2D eigenvalue weighted by Gasteiger charge is 2.10. The second-order valence-electron chi connectivity index (χ2n) is 5.10. The first-order valence-corrected chi connectivity index (χ1v) is 6.91. The molecule has 2 heterocycles. The minimum absolute atomic E-state index is 0.526. The molecule has 0 spiro atoms. The molecule has 3 heteroatoms. The highest BCUT2D eigenvalue weighted by molar-refractivity contribution is 5.97. The number of para-hydroxylation sites is 1. The van der Waals surface area contributed by atoms with Crippen LogP contribution in [-0.4, -0.2) is 4.98 Å². The maximum absolute atomic E-state index is 5.96. The second-order valence-corrected chi connectivity index (χ2v) is 5.10. The fourth-order valence-electron chi connectivity index (χ4n) is 2.65. The van der Waals surface area contributed by atoms with Crippen molar-refractivity contribution in [3.63, 3.8) is 0 Å². The molecule has 2 aromatic heterocycles. The number of benzene rings is 2. The third kappa shape index (κ3) is 1.99. The van der Waals surface area contributed by atoms with Gasteiger partial charge in [-0.15, -0.1) is 0 Å². The summed E-state index contributed by atoms with van der Waals surface area (Å²) in [6, 6.07) is 16.3. The van der Waals surface area contributed by atoms with Gasteiger partial charge in [0.05, 0.1) is 0 Å². The van der Waals surface area contributed by atoms with E-state index in [0.29, 0.717) is 6.54 Å². The summed E-state index contributed by atoms with van der Waals surface area (Å²) in [6.45, 7) is 0.526. The number of hydrogen-bond donors (Lipinski definition) is 1. The summed E-state index contributed by atoms with van der Waals surface area (Å²) in [7, 11) is 0. The Morgan fingerprint density at radius 3 is 2.71 bits per heavy atom. The van der Waals surface area contributed by atoms with Crippen molar-refractivity contribution in [1.82, 2.24) is 4.98 Å². The molecule has 2 aromatic carbocycles. The molecule has 0 bridgehead atoms. The monoisotopic (exact) mass is 274 g/mol. The van der Waals surface area contributed by atoms with Crippen LogP contribution in [0.3, 0.4) is 0 Å². The summed E-state index contributed by atoms with van der Waals surface area (Å²) >= 11 is 0. The SMILES string of the molecule is NCc1ccc2cncc(-c3cc4ccccc4o3)c2c1. The Kier molecular flexibility index (Phi) is 2.72. The number of aromatic nitrogens is 1. The molecule has 102 valence electrons. The number of furan rings is 1. The first-order chi connectivity index (χ1) is 10.3. The number of rotatable bonds is 2. The predicted octanol–water partition coefficient (Wildman–Crippen LogP) is 4.11. The van der Waals surface area contributed by atoms with Crippen molar-refractivity contribution < 1.29 is 4.42 Å². The summed E-state index contributed by atoms with van der Waals surface area (Å²) in [5, 5.41) is 3.30. The molecular weight excluding hydrogens is 260 g/mol. The van der Waals surface area contributed by atoms with Gasteiger partial charge in [-0.25, -0.2) is 0 Å². The van der Waals surface area contributed by atoms with Gasteiger partial charge in [0.15, 0.2) is 0 Å². The van der Waals surface area contributed by atoms with Crippen molar-refractivity contribution in [3.05, 3.63) is 66.5 Å². The van der Waals surface area contributed by atoms with Crippen LogP contribution in [0.4, 0.5) is 0 Å². The number of nitrogens with zero attached hydrogens (tertiary/aromatic N) is 1. The standard InChI is InChI=1S/C18H14N2O/c19-9-12-5-6-14-10-20-11-16(15(14)7-12)18-8-13-3-1-2-4-17(13)21-18/h1-8,10-11H,9,19H2. The van der Waals surface area contributed by atoms with Crippen LogP contribution in [0.5, 0.6) is 0 Å². The molecule has 0 aliphatic heterocycles. The minimum Gasteiger partial charge on any atom is -0.456 e. The van der Waals surface area contributed by atoms with Crippen molar-refractivity contribution in [2.45, 2.75) is 6.54 Å². The van der Waals surface area contributed by atoms with E-state index in [4.69, 9.17) is 10.2 Å². The predicted molar refractivity (Wildman–Crippen MR) is 84.8 cm³/mol. The third-order valence-electron chi connectivity index (χ3n) is 3.75. The van der Waals surface area contributed by atoms with Gasteiger partial charge < -0.3 is 10.2 Å². The Bertz CT molecular complexity index is 907. The zero-order chi connectivity index (χ0) is 14.2. The van der Waals surface area contributed by atoms with E-state index < -0.39 is 0 Å². The highest BCUT2D eigenvalue weighted by atomic mass is 16.3. The van der Waals surface area contributed by atoms with Crippen LogP contribution in [0.25, 0.3) is 33.1 Å². The van der Waals surface area contributed by atoms with Crippen LogP contribution in [0, 0.1) is 0 Å². The van der Waals surface area contributed by atoms with E-state index in [9.17, 15) is 0 Å². The maximum Gasteiger partial charge on any atom is 0.137 e. The lowest BCUT2D eigenvalue weighted by molar-refractivity contribution is 0.632. The average Bonchev–Trinajstić information content (AvgIpc) is 2.97. The molecule has 0 saturated carbocycles. The van der Waals surface area contributed by atoms with Gasteiger partial charge in [0.1, 0.15) is 11.3 Å². The first-order valence-electron chi connectivity index (χ1n) is 6.91. The van der Waals surface area contributed by atoms with Crippen molar-refractivity contribution in [2.24, 2.45) is 5.73 Å². The largest absolute Gasteiger partial charge is 0.456 e. The van der Waals surface area contributed by atoms with Crippen LogP contribution < -0.4 is 5.73 Å². The molecular formula is C18H14N2O. The molecule has 0 unspecified atom stereocenters. The van der Waals surface area contributed by atoms with Crippen LogP contribution in [0.1, 0.15) is 5.56 Å². The fraction of sp³-hybridized carbons (Fsp3) is 0.0556. The molecule has 0 amide bonds. The Morgan fingerprint density at radius 2 is 1.86 bits per heavy atom. The van der Waals surface area contributed by atoms with Gasteiger partial charge >= 0.3 is 0 Å². The van der Waals surface area contributed by atoms with Crippen LogP contribution in [0.2, 0.25) is 0 Å². The quantitative estimate of drug-likeness (QED) is 0.598. The number of nitrogens with two attached hydrogens (primary N) is 1. The lowest BCUT2D eigenvalue weighted by Gasteiger charge is -2.05. The Hall–Kier alpha value is -2.65. The van der Waals surface area contributed by atoms with E-state index >= 15 is 0 Å². The molecule has 0 atom stereocenters. The molecule has 21 heavy (non-hydrogen) atoms. The summed E-state index contributed by atoms with van der Waals surface area (Å²) in [5.41, 5.74) is 8.74. The topological polar surface area (TPSA) is 52.0 Å². The van der Waals surface area contributed by atoms with Crippen molar-refractivity contribution in [3.8, 4) is 11.3 Å². The van der Waals surface area contributed by atoms with E-state index in [1.807, 2.05) is 42.7 Å². The van der Waals surface area contributed by atoms with Crippen LogP contribution >= 0.6 is 0 Å². The van der Waals surface area contributed by atoms with Crippen LogP contribution in [-0.2, 0) is 6.54 Å². The molecule has 3 nitrogen and oxygen atoms in total. The van der Waals surface area contributed by atoms with Gasteiger partial charge in [0.25, 0.3) is 0 Å².